The average Bonchev–Trinajstić information content (AvgIpc) is 3.27. The van der Waals surface area contributed by atoms with Crippen molar-refractivity contribution in [2.45, 2.75) is 39.2 Å². The molecule has 3 rings (SSSR count). The summed E-state index contributed by atoms with van der Waals surface area (Å²) in [6.07, 6.45) is 2.08. The first kappa shape index (κ1) is 24.4. The Hall–Kier alpha value is -2.23. The van der Waals surface area contributed by atoms with Crippen LogP contribution in [0.25, 0.3) is 0 Å². The normalized spacial score (nSPS) is 15.3. The lowest BCUT2D eigenvalue weighted by molar-refractivity contribution is -0.121. The Morgan fingerprint density at radius 1 is 1.38 bits per heavy atom. The van der Waals surface area contributed by atoms with Crippen LogP contribution in [0.4, 0.5) is 5.13 Å². The van der Waals surface area contributed by atoms with Crippen molar-refractivity contribution in [2.24, 2.45) is 0 Å². The quantitative estimate of drug-likeness (QED) is 0.520. The van der Waals surface area contributed by atoms with E-state index >= 15 is 0 Å². The second kappa shape index (κ2) is 12.7. The number of anilines is 1. The number of nitrogens with one attached hydrogen (secondary N) is 1. The first-order chi connectivity index (χ1) is 15.6. The van der Waals surface area contributed by atoms with Crippen LogP contribution in [0.15, 0.2) is 24.3 Å². The average molecular weight is 462 g/mol. The third-order valence-electron chi connectivity index (χ3n) is 5.76. The number of carbonyl (C=O) groups is 1. The molecule has 1 fully saturated rings. The highest BCUT2D eigenvalue weighted by Crippen LogP contribution is 2.23. The summed E-state index contributed by atoms with van der Waals surface area (Å²) < 4.78 is 15.2. The molecule has 0 spiro atoms. The molecule has 2 heterocycles. The number of methoxy groups -OCH3 is 1. The summed E-state index contributed by atoms with van der Waals surface area (Å²) in [4.78, 5) is 21.7. The summed E-state index contributed by atoms with van der Waals surface area (Å²) in [5.41, 5.74) is 1.11. The van der Waals surface area contributed by atoms with Gasteiger partial charge < -0.3 is 19.7 Å². The number of hydrogen-bond donors (Lipinski definition) is 1. The second-order valence-electron chi connectivity index (χ2n) is 8.03. The van der Waals surface area contributed by atoms with Gasteiger partial charge in [-0.1, -0.05) is 19.1 Å². The van der Waals surface area contributed by atoms with Gasteiger partial charge in [0.25, 0.3) is 0 Å². The number of ether oxygens (including phenoxy) is 2. The molecule has 0 saturated carbocycles. The number of hydrogen-bond acceptors (Lipinski definition) is 8. The molecule has 1 amide bonds. The van der Waals surface area contributed by atoms with E-state index in [1.165, 1.54) is 11.5 Å². The van der Waals surface area contributed by atoms with Crippen molar-refractivity contribution < 1.29 is 14.3 Å². The van der Waals surface area contributed by atoms with E-state index in [1.807, 2.05) is 18.2 Å². The zero-order valence-corrected chi connectivity index (χ0v) is 20.2. The predicted molar refractivity (Wildman–Crippen MR) is 128 cm³/mol. The molecule has 1 atom stereocenters. The Morgan fingerprint density at radius 3 is 2.94 bits per heavy atom. The first-order valence-corrected chi connectivity index (χ1v) is 12.1. The van der Waals surface area contributed by atoms with E-state index in [-0.39, 0.29) is 11.9 Å². The molecule has 1 aromatic heterocycles. The zero-order chi connectivity index (χ0) is 22.8. The number of aromatic nitrogens is 2. The maximum atomic E-state index is 12.4. The van der Waals surface area contributed by atoms with Crippen LogP contribution in [0.5, 0.6) is 5.75 Å². The monoisotopic (exact) mass is 461 g/mol. The van der Waals surface area contributed by atoms with E-state index in [9.17, 15) is 4.79 Å². The van der Waals surface area contributed by atoms with Crippen molar-refractivity contribution in [1.82, 2.24) is 19.6 Å². The number of amides is 1. The summed E-state index contributed by atoms with van der Waals surface area (Å²) in [6, 6.07) is 8.25. The van der Waals surface area contributed by atoms with Crippen LogP contribution in [0.1, 0.15) is 38.1 Å². The lowest BCUT2D eigenvalue weighted by Crippen LogP contribution is -2.42. The Bertz CT molecular complexity index is 841. The Kier molecular flexibility index (Phi) is 9.70. The van der Waals surface area contributed by atoms with Gasteiger partial charge in [-0.3, -0.25) is 9.69 Å². The molecule has 0 radical (unpaired) electrons. The number of carbonyl (C=O) groups excluding carboxylic acids is 1. The number of morpholine rings is 1. The van der Waals surface area contributed by atoms with Crippen molar-refractivity contribution in [1.29, 1.82) is 0 Å². The van der Waals surface area contributed by atoms with Crippen LogP contribution in [0.2, 0.25) is 0 Å². The lowest BCUT2D eigenvalue weighted by Gasteiger charge is -2.28. The first-order valence-electron chi connectivity index (χ1n) is 11.4. The van der Waals surface area contributed by atoms with Gasteiger partial charge in [-0.05, 0) is 31.0 Å². The number of benzene rings is 1. The van der Waals surface area contributed by atoms with E-state index < -0.39 is 0 Å². The Morgan fingerprint density at radius 2 is 2.19 bits per heavy atom. The molecule has 0 bridgehead atoms. The maximum absolute atomic E-state index is 12.4. The van der Waals surface area contributed by atoms with Crippen LogP contribution in [-0.2, 0) is 16.0 Å². The number of rotatable bonds is 12. The largest absolute Gasteiger partial charge is 0.497 e. The molecule has 176 valence electrons. The van der Waals surface area contributed by atoms with Gasteiger partial charge in [0.15, 0.2) is 0 Å². The van der Waals surface area contributed by atoms with Gasteiger partial charge >= 0.3 is 0 Å². The van der Waals surface area contributed by atoms with Crippen molar-refractivity contribution in [2.75, 3.05) is 57.9 Å². The summed E-state index contributed by atoms with van der Waals surface area (Å²) in [5.74, 6) is 1.70. The minimum absolute atomic E-state index is 0.0766. The van der Waals surface area contributed by atoms with E-state index in [2.05, 4.69) is 39.4 Å². The fourth-order valence-corrected chi connectivity index (χ4v) is 4.43. The van der Waals surface area contributed by atoms with Crippen LogP contribution < -0.4 is 15.0 Å². The highest BCUT2D eigenvalue weighted by Gasteiger charge is 2.19. The maximum Gasteiger partial charge on any atom is 0.221 e. The highest BCUT2D eigenvalue weighted by molar-refractivity contribution is 7.09. The van der Waals surface area contributed by atoms with Gasteiger partial charge in [-0.25, -0.2) is 4.98 Å². The van der Waals surface area contributed by atoms with Crippen LogP contribution in [0, 0.1) is 0 Å². The topological polar surface area (TPSA) is 79.8 Å². The molecule has 2 aromatic rings. The second-order valence-corrected chi connectivity index (χ2v) is 8.76. The van der Waals surface area contributed by atoms with Gasteiger partial charge in [0.05, 0.1) is 20.3 Å². The fourth-order valence-electron chi connectivity index (χ4n) is 3.61. The van der Waals surface area contributed by atoms with Crippen LogP contribution in [0.3, 0.4) is 0 Å². The molecule has 1 aliphatic heterocycles. The summed E-state index contributed by atoms with van der Waals surface area (Å²) in [6.45, 7) is 9.92. The summed E-state index contributed by atoms with van der Waals surface area (Å²) in [5, 5.41) is 3.92. The molecule has 1 unspecified atom stereocenters. The molecule has 1 aliphatic rings. The third kappa shape index (κ3) is 7.43. The smallest absolute Gasteiger partial charge is 0.221 e. The van der Waals surface area contributed by atoms with Gasteiger partial charge in [-0.15, -0.1) is 0 Å². The van der Waals surface area contributed by atoms with E-state index in [0.29, 0.717) is 25.9 Å². The standard InChI is InChI=1S/C23H35N5O3S/c1-4-18(2)28(10-8-22(29)24-9-11-27-12-14-31-15-13-27)23-25-21(26-32-23)17-19-6-5-7-20(16-19)30-3/h5-7,16,18H,4,8-15,17H2,1-3H3,(H,24,29). The SMILES string of the molecule is CCC(C)N(CCC(=O)NCCN1CCOCC1)c1nc(Cc2cccc(OC)c2)ns1. The van der Waals surface area contributed by atoms with E-state index in [0.717, 1.165) is 61.5 Å². The van der Waals surface area contributed by atoms with E-state index in [4.69, 9.17) is 14.5 Å². The van der Waals surface area contributed by atoms with Crippen molar-refractivity contribution >= 4 is 22.6 Å². The third-order valence-corrected chi connectivity index (χ3v) is 6.55. The minimum Gasteiger partial charge on any atom is -0.497 e. The number of nitrogens with zero attached hydrogens (tertiary/aromatic N) is 4. The van der Waals surface area contributed by atoms with Crippen molar-refractivity contribution in [3.8, 4) is 5.75 Å². The highest BCUT2D eigenvalue weighted by atomic mass is 32.1. The van der Waals surface area contributed by atoms with E-state index in [1.54, 1.807) is 7.11 Å². The van der Waals surface area contributed by atoms with Gasteiger partial charge in [-0.2, -0.15) is 4.37 Å². The molecule has 0 aliphatic carbocycles. The molecule has 1 N–H and O–H groups in total. The molecular formula is C23H35N5O3S. The lowest BCUT2D eigenvalue weighted by atomic mass is 10.1. The zero-order valence-electron chi connectivity index (χ0n) is 19.4. The molecule has 9 heteroatoms. The molecule has 32 heavy (non-hydrogen) atoms. The van der Waals surface area contributed by atoms with Crippen molar-refractivity contribution in [3.63, 3.8) is 0 Å². The van der Waals surface area contributed by atoms with Gasteiger partial charge in [0.1, 0.15) is 11.6 Å². The predicted octanol–water partition coefficient (Wildman–Crippen LogP) is 2.58. The minimum atomic E-state index is 0.0766. The molecule has 1 aromatic carbocycles. The Labute approximate surface area is 195 Å². The van der Waals surface area contributed by atoms with Gasteiger partial charge in [0, 0.05) is 63.1 Å². The fraction of sp³-hybridized carbons (Fsp3) is 0.609. The summed E-state index contributed by atoms with van der Waals surface area (Å²) in [7, 11) is 1.67. The summed E-state index contributed by atoms with van der Waals surface area (Å²) >= 11 is 1.40. The Balaban J connectivity index is 1.51. The van der Waals surface area contributed by atoms with Crippen molar-refractivity contribution in [3.05, 3.63) is 35.7 Å². The van der Waals surface area contributed by atoms with Gasteiger partial charge in [0.2, 0.25) is 11.0 Å². The molecule has 1 saturated heterocycles. The van der Waals surface area contributed by atoms with Crippen LogP contribution >= 0.6 is 11.5 Å². The van der Waals surface area contributed by atoms with Crippen LogP contribution in [-0.4, -0.2) is 79.3 Å². The molecule has 8 nitrogen and oxygen atoms in total. The molecular weight excluding hydrogens is 426 g/mol.